The fraction of sp³-hybridized carbons (Fsp3) is 0.929. The van der Waals surface area contributed by atoms with Crippen molar-refractivity contribution in [1.29, 1.82) is 0 Å². The van der Waals surface area contributed by atoms with Gasteiger partial charge in [-0.3, -0.25) is 9.69 Å². The van der Waals surface area contributed by atoms with Gasteiger partial charge in [0.1, 0.15) is 0 Å². The molecule has 2 fully saturated rings. The molecule has 0 aromatic rings. The van der Waals surface area contributed by atoms with Gasteiger partial charge in [-0.05, 0) is 31.7 Å². The number of nitrogens with zero attached hydrogens (tertiary/aromatic N) is 1. The predicted molar refractivity (Wildman–Crippen MR) is 69.6 cm³/mol. The molecule has 0 aromatic heterocycles. The number of aliphatic carboxylic acids is 1. The van der Waals surface area contributed by atoms with Gasteiger partial charge >= 0.3 is 5.97 Å². The van der Waals surface area contributed by atoms with Gasteiger partial charge in [0.05, 0.1) is 11.5 Å². The van der Waals surface area contributed by atoms with Gasteiger partial charge < -0.3 is 9.84 Å². The number of methoxy groups -OCH3 is 1. The van der Waals surface area contributed by atoms with Crippen molar-refractivity contribution < 1.29 is 14.6 Å². The molecule has 1 saturated heterocycles. The molecule has 1 aliphatic heterocycles. The smallest absolute Gasteiger partial charge is 0.310 e. The van der Waals surface area contributed by atoms with Gasteiger partial charge in [0.2, 0.25) is 0 Å². The minimum Gasteiger partial charge on any atom is -0.481 e. The van der Waals surface area contributed by atoms with Crippen molar-refractivity contribution >= 4 is 5.97 Å². The number of ether oxygens (including phenoxy) is 1. The van der Waals surface area contributed by atoms with Crippen LogP contribution in [0, 0.1) is 11.3 Å². The maximum Gasteiger partial charge on any atom is 0.310 e. The number of hydrogen-bond acceptors (Lipinski definition) is 3. The zero-order valence-corrected chi connectivity index (χ0v) is 11.5. The number of likely N-dealkylation sites (tertiary alicyclic amines) is 1. The van der Waals surface area contributed by atoms with Crippen LogP contribution < -0.4 is 0 Å². The van der Waals surface area contributed by atoms with E-state index in [2.05, 4.69) is 11.8 Å². The van der Waals surface area contributed by atoms with Gasteiger partial charge in [0, 0.05) is 20.2 Å². The topological polar surface area (TPSA) is 49.8 Å². The molecule has 2 rings (SSSR count). The van der Waals surface area contributed by atoms with Crippen LogP contribution in [0.15, 0.2) is 0 Å². The highest BCUT2D eigenvalue weighted by Crippen LogP contribution is 2.39. The molecule has 0 amide bonds. The van der Waals surface area contributed by atoms with Crippen LogP contribution in [0.3, 0.4) is 0 Å². The van der Waals surface area contributed by atoms with E-state index < -0.39 is 11.4 Å². The van der Waals surface area contributed by atoms with E-state index in [0.29, 0.717) is 12.5 Å². The summed E-state index contributed by atoms with van der Waals surface area (Å²) >= 11 is 0. The lowest BCUT2D eigenvalue weighted by molar-refractivity contribution is -0.150. The maximum absolute atomic E-state index is 11.6. The standard InChI is InChI=1S/C14H25NO3/c1-11-5-8-15(9-12(11)18-2)10-14(13(16)17)6-3-4-7-14/h11-12H,3-10H2,1-2H3,(H,16,17). The Morgan fingerprint density at radius 3 is 2.67 bits per heavy atom. The van der Waals surface area contributed by atoms with Gasteiger partial charge in [-0.25, -0.2) is 0 Å². The normalized spacial score (nSPS) is 32.6. The minimum absolute atomic E-state index is 0.256. The lowest BCUT2D eigenvalue weighted by Crippen LogP contribution is -2.49. The second-order valence-corrected chi connectivity index (χ2v) is 6.07. The first kappa shape index (κ1) is 13.8. The third-order valence-corrected chi connectivity index (χ3v) is 4.82. The summed E-state index contributed by atoms with van der Waals surface area (Å²) in [6.07, 6.45) is 5.16. The van der Waals surface area contributed by atoms with Gasteiger partial charge in [-0.2, -0.15) is 0 Å². The Morgan fingerprint density at radius 1 is 1.44 bits per heavy atom. The summed E-state index contributed by atoms with van der Waals surface area (Å²) in [5.41, 5.74) is -0.487. The summed E-state index contributed by atoms with van der Waals surface area (Å²) in [5.74, 6) is -0.0248. The van der Waals surface area contributed by atoms with Crippen LogP contribution in [0.5, 0.6) is 0 Å². The summed E-state index contributed by atoms with van der Waals surface area (Å²) in [4.78, 5) is 13.9. The summed E-state index contributed by atoms with van der Waals surface area (Å²) < 4.78 is 5.50. The van der Waals surface area contributed by atoms with Crippen molar-refractivity contribution in [2.45, 2.75) is 45.1 Å². The average Bonchev–Trinajstić information content (AvgIpc) is 2.81. The van der Waals surface area contributed by atoms with Crippen LogP contribution in [0.1, 0.15) is 39.0 Å². The molecule has 18 heavy (non-hydrogen) atoms. The van der Waals surface area contributed by atoms with Crippen LogP contribution in [-0.2, 0) is 9.53 Å². The van der Waals surface area contributed by atoms with Crippen molar-refractivity contribution in [3.63, 3.8) is 0 Å². The van der Waals surface area contributed by atoms with Gasteiger partial charge in [-0.15, -0.1) is 0 Å². The Hall–Kier alpha value is -0.610. The molecule has 4 nitrogen and oxygen atoms in total. The summed E-state index contributed by atoms with van der Waals surface area (Å²) in [6, 6.07) is 0. The Bertz CT molecular complexity index is 299. The van der Waals surface area contributed by atoms with Gasteiger partial charge in [0.15, 0.2) is 0 Å². The number of carboxylic acids is 1. The molecule has 1 saturated carbocycles. The quantitative estimate of drug-likeness (QED) is 0.834. The maximum atomic E-state index is 11.6. The zero-order chi connectivity index (χ0) is 13.2. The second-order valence-electron chi connectivity index (χ2n) is 6.07. The first-order chi connectivity index (χ1) is 8.57. The van der Waals surface area contributed by atoms with Gasteiger partial charge in [-0.1, -0.05) is 19.8 Å². The molecule has 1 heterocycles. The molecule has 0 radical (unpaired) electrons. The van der Waals surface area contributed by atoms with Crippen LogP contribution in [0.25, 0.3) is 0 Å². The lowest BCUT2D eigenvalue weighted by Gasteiger charge is -2.39. The molecular weight excluding hydrogens is 230 g/mol. The fourth-order valence-corrected chi connectivity index (χ4v) is 3.47. The number of piperidine rings is 1. The number of hydrogen-bond donors (Lipinski definition) is 1. The van der Waals surface area contributed by atoms with E-state index in [1.54, 1.807) is 7.11 Å². The molecular formula is C14H25NO3. The second kappa shape index (κ2) is 5.57. The van der Waals surface area contributed by atoms with E-state index in [1.165, 1.54) is 0 Å². The molecule has 0 spiro atoms. The zero-order valence-electron chi connectivity index (χ0n) is 11.5. The Kier molecular flexibility index (Phi) is 4.28. The Morgan fingerprint density at radius 2 is 2.11 bits per heavy atom. The highest BCUT2D eigenvalue weighted by atomic mass is 16.5. The summed E-state index contributed by atoms with van der Waals surface area (Å²) in [5, 5.41) is 9.51. The summed E-state index contributed by atoms with van der Waals surface area (Å²) in [6.45, 7) is 4.81. The van der Waals surface area contributed by atoms with E-state index >= 15 is 0 Å². The molecule has 1 aliphatic carbocycles. The third kappa shape index (κ3) is 2.69. The van der Waals surface area contributed by atoms with Crippen molar-refractivity contribution in [2.75, 3.05) is 26.7 Å². The monoisotopic (exact) mass is 255 g/mol. The SMILES string of the molecule is COC1CN(CC2(C(=O)O)CCCC2)CCC1C. The number of rotatable bonds is 4. The average molecular weight is 255 g/mol. The molecule has 104 valence electrons. The van der Waals surface area contributed by atoms with E-state index in [-0.39, 0.29) is 6.10 Å². The van der Waals surface area contributed by atoms with Crippen LogP contribution in [-0.4, -0.2) is 48.8 Å². The van der Waals surface area contributed by atoms with Crippen molar-refractivity contribution in [3.05, 3.63) is 0 Å². The molecule has 2 aliphatic rings. The molecule has 4 heteroatoms. The predicted octanol–water partition coefficient (Wildman–Crippen LogP) is 1.99. The van der Waals surface area contributed by atoms with Crippen molar-refractivity contribution in [1.82, 2.24) is 4.90 Å². The third-order valence-electron chi connectivity index (χ3n) is 4.82. The minimum atomic E-state index is -0.604. The van der Waals surface area contributed by atoms with Crippen molar-refractivity contribution in [2.24, 2.45) is 11.3 Å². The first-order valence-electron chi connectivity index (χ1n) is 7.06. The van der Waals surface area contributed by atoms with Crippen LogP contribution >= 0.6 is 0 Å². The highest BCUT2D eigenvalue weighted by molar-refractivity contribution is 5.75. The van der Waals surface area contributed by atoms with Crippen LogP contribution in [0.4, 0.5) is 0 Å². The van der Waals surface area contributed by atoms with Crippen LogP contribution in [0.2, 0.25) is 0 Å². The number of carboxylic acid groups (broad SMARTS) is 1. The highest BCUT2D eigenvalue weighted by Gasteiger charge is 2.43. The number of carbonyl (C=O) groups is 1. The Balaban J connectivity index is 1.98. The summed E-state index contributed by atoms with van der Waals surface area (Å²) in [7, 11) is 1.76. The Labute approximate surface area is 109 Å². The molecule has 2 unspecified atom stereocenters. The first-order valence-corrected chi connectivity index (χ1v) is 7.06. The van der Waals surface area contributed by atoms with E-state index in [9.17, 15) is 9.90 Å². The molecule has 0 bridgehead atoms. The fourth-order valence-electron chi connectivity index (χ4n) is 3.47. The molecule has 2 atom stereocenters. The molecule has 1 N–H and O–H groups in total. The van der Waals surface area contributed by atoms with E-state index in [1.807, 2.05) is 0 Å². The largest absolute Gasteiger partial charge is 0.481 e. The lowest BCUT2D eigenvalue weighted by atomic mass is 9.84. The van der Waals surface area contributed by atoms with E-state index in [4.69, 9.17) is 4.74 Å². The van der Waals surface area contributed by atoms with E-state index in [0.717, 1.165) is 45.2 Å². The molecule has 0 aromatic carbocycles. The van der Waals surface area contributed by atoms with Crippen molar-refractivity contribution in [3.8, 4) is 0 Å². The van der Waals surface area contributed by atoms with Gasteiger partial charge in [0.25, 0.3) is 0 Å².